The van der Waals surface area contributed by atoms with Gasteiger partial charge in [0.05, 0.1) is 5.69 Å². The van der Waals surface area contributed by atoms with Crippen LogP contribution < -0.4 is 0 Å². The van der Waals surface area contributed by atoms with Crippen molar-refractivity contribution in [1.82, 2.24) is 34.6 Å². The van der Waals surface area contributed by atoms with Crippen molar-refractivity contribution < 1.29 is 4.79 Å². The van der Waals surface area contributed by atoms with Crippen LogP contribution in [-0.4, -0.2) is 74.2 Å². The van der Waals surface area contributed by atoms with E-state index in [1.54, 1.807) is 10.8 Å². The molecule has 0 saturated carbocycles. The standard InChI is InChI=1S/C21H29N7O/c1-13(2)17-18(16-8-14(3)20-22-12-23-28(20)11-16)24-25-19(17)21(29)27-7-6-15(10-27)9-26(4)5/h8,11-13,15H,6-7,9-10H2,1-5H3,(H,24,25)/t15-/m1/s1. The van der Waals surface area contributed by atoms with Crippen molar-refractivity contribution in [3.8, 4) is 11.3 Å². The summed E-state index contributed by atoms with van der Waals surface area (Å²) in [7, 11) is 4.16. The fourth-order valence-corrected chi connectivity index (χ4v) is 4.36. The first-order valence-electron chi connectivity index (χ1n) is 10.2. The van der Waals surface area contributed by atoms with Crippen molar-refractivity contribution in [2.45, 2.75) is 33.1 Å². The number of likely N-dealkylation sites (tertiary alicyclic amines) is 1. The van der Waals surface area contributed by atoms with Crippen molar-refractivity contribution >= 4 is 11.6 Å². The van der Waals surface area contributed by atoms with Gasteiger partial charge in [-0.3, -0.25) is 9.89 Å². The Bertz CT molecular complexity index is 1030. The van der Waals surface area contributed by atoms with Crippen molar-refractivity contribution in [3.63, 3.8) is 0 Å². The maximum atomic E-state index is 13.3. The summed E-state index contributed by atoms with van der Waals surface area (Å²) < 4.78 is 1.77. The summed E-state index contributed by atoms with van der Waals surface area (Å²) in [6.07, 6.45) is 4.53. The van der Waals surface area contributed by atoms with Gasteiger partial charge in [0.25, 0.3) is 5.91 Å². The van der Waals surface area contributed by atoms with Gasteiger partial charge in [0.1, 0.15) is 6.33 Å². The quantitative estimate of drug-likeness (QED) is 0.718. The van der Waals surface area contributed by atoms with Gasteiger partial charge in [0.15, 0.2) is 11.3 Å². The number of aromatic nitrogens is 5. The van der Waals surface area contributed by atoms with Crippen molar-refractivity contribution in [1.29, 1.82) is 0 Å². The van der Waals surface area contributed by atoms with Gasteiger partial charge in [0.2, 0.25) is 0 Å². The Morgan fingerprint density at radius 1 is 1.38 bits per heavy atom. The minimum atomic E-state index is 0.0241. The predicted molar refractivity (Wildman–Crippen MR) is 112 cm³/mol. The first kappa shape index (κ1) is 19.6. The lowest BCUT2D eigenvalue weighted by atomic mass is 9.96. The molecular weight excluding hydrogens is 366 g/mol. The molecule has 4 heterocycles. The number of pyridine rings is 1. The van der Waals surface area contributed by atoms with Gasteiger partial charge < -0.3 is 9.80 Å². The molecule has 3 aromatic rings. The van der Waals surface area contributed by atoms with E-state index in [1.807, 2.05) is 18.0 Å². The molecule has 1 amide bonds. The van der Waals surface area contributed by atoms with Gasteiger partial charge in [-0.2, -0.15) is 10.2 Å². The van der Waals surface area contributed by atoms with E-state index in [1.165, 1.54) is 0 Å². The van der Waals surface area contributed by atoms with E-state index >= 15 is 0 Å². The van der Waals surface area contributed by atoms with E-state index in [0.717, 1.165) is 54.1 Å². The normalized spacial score (nSPS) is 17.2. The third-order valence-corrected chi connectivity index (χ3v) is 5.63. The van der Waals surface area contributed by atoms with Crippen LogP contribution in [0.2, 0.25) is 0 Å². The van der Waals surface area contributed by atoms with Crippen LogP contribution >= 0.6 is 0 Å². The van der Waals surface area contributed by atoms with E-state index in [4.69, 9.17) is 0 Å². The molecule has 154 valence electrons. The molecule has 1 aliphatic rings. The summed E-state index contributed by atoms with van der Waals surface area (Å²) in [5.41, 5.74) is 5.21. The van der Waals surface area contributed by atoms with Crippen LogP contribution in [0.5, 0.6) is 0 Å². The van der Waals surface area contributed by atoms with Crippen LogP contribution in [0, 0.1) is 12.8 Å². The van der Waals surface area contributed by atoms with Crippen LogP contribution in [0.25, 0.3) is 16.9 Å². The van der Waals surface area contributed by atoms with E-state index in [2.05, 4.69) is 59.2 Å². The second-order valence-corrected chi connectivity index (χ2v) is 8.62. The number of nitrogens with one attached hydrogen (secondary N) is 1. The molecular formula is C21H29N7O. The summed E-state index contributed by atoms with van der Waals surface area (Å²) in [5, 5.41) is 11.9. The second kappa shape index (κ2) is 7.59. The number of nitrogens with zero attached hydrogens (tertiary/aromatic N) is 6. The average Bonchev–Trinajstić information content (AvgIpc) is 3.39. The maximum Gasteiger partial charge on any atom is 0.274 e. The van der Waals surface area contributed by atoms with Crippen LogP contribution in [0.3, 0.4) is 0 Å². The Hall–Kier alpha value is -2.74. The number of aryl methyl sites for hydroxylation is 1. The lowest BCUT2D eigenvalue weighted by molar-refractivity contribution is 0.0777. The average molecular weight is 396 g/mol. The second-order valence-electron chi connectivity index (χ2n) is 8.62. The highest BCUT2D eigenvalue weighted by molar-refractivity contribution is 5.96. The molecule has 0 bridgehead atoms. The Morgan fingerprint density at radius 3 is 2.90 bits per heavy atom. The molecule has 0 unspecified atom stereocenters. The summed E-state index contributed by atoms with van der Waals surface area (Å²) in [6, 6.07) is 2.07. The smallest absolute Gasteiger partial charge is 0.274 e. The van der Waals surface area contributed by atoms with Gasteiger partial charge in [0, 0.05) is 37.0 Å². The Kier molecular flexibility index (Phi) is 5.12. The molecule has 0 aromatic carbocycles. The fourth-order valence-electron chi connectivity index (χ4n) is 4.36. The molecule has 1 fully saturated rings. The molecule has 1 saturated heterocycles. The molecule has 8 heteroatoms. The van der Waals surface area contributed by atoms with Crippen LogP contribution in [-0.2, 0) is 0 Å². The van der Waals surface area contributed by atoms with Crippen molar-refractivity contribution in [2.75, 3.05) is 33.7 Å². The summed E-state index contributed by atoms with van der Waals surface area (Å²) in [6.45, 7) is 8.81. The lowest BCUT2D eigenvalue weighted by Crippen LogP contribution is -2.31. The Morgan fingerprint density at radius 2 is 2.17 bits per heavy atom. The first-order chi connectivity index (χ1) is 13.8. The molecule has 1 atom stereocenters. The molecule has 4 rings (SSSR count). The topological polar surface area (TPSA) is 82.4 Å². The SMILES string of the molecule is Cc1cc(-c2[nH]nc(C(=O)N3CC[C@H](CN(C)C)C3)c2C(C)C)cn2ncnc12. The largest absolute Gasteiger partial charge is 0.337 e. The zero-order valence-electron chi connectivity index (χ0n) is 17.8. The number of carbonyl (C=O) groups excluding carboxylic acids is 1. The van der Waals surface area contributed by atoms with Gasteiger partial charge in [-0.15, -0.1) is 0 Å². The zero-order valence-corrected chi connectivity index (χ0v) is 17.8. The van der Waals surface area contributed by atoms with E-state index in [9.17, 15) is 4.79 Å². The number of H-pyrrole nitrogens is 1. The molecule has 29 heavy (non-hydrogen) atoms. The minimum absolute atomic E-state index is 0.0241. The Balaban J connectivity index is 1.67. The van der Waals surface area contributed by atoms with Crippen molar-refractivity contribution in [3.05, 3.63) is 35.4 Å². The maximum absolute atomic E-state index is 13.3. The molecule has 0 spiro atoms. The predicted octanol–water partition coefficient (Wildman–Crippen LogP) is 2.57. The van der Waals surface area contributed by atoms with Gasteiger partial charge in [-0.25, -0.2) is 9.50 Å². The lowest BCUT2D eigenvalue weighted by Gasteiger charge is -2.19. The van der Waals surface area contributed by atoms with Crippen LogP contribution in [0.15, 0.2) is 18.6 Å². The number of rotatable bonds is 5. The molecule has 0 aliphatic carbocycles. The van der Waals surface area contributed by atoms with Gasteiger partial charge in [-0.05, 0) is 50.9 Å². The summed E-state index contributed by atoms with van der Waals surface area (Å²) >= 11 is 0. The zero-order chi connectivity index (χ0) is 20.7. The highest BCUT2D eigenvalue weighted by Crippen LogP contribution is 2.32. The molecule has 3 aromatic heterocycles. The van der Waals surface area contributed by atoms with E-state index < -0.39 is 0 Å². The molecule has 0 radical (unpaired) electrons. The van der Waals surface area contributed by atoms with Gasteiger partial charge in [-0.1, -0.05) is 13.8 Å². The number of hydrogen-bond acceptors (Lipinski definition) is 5. The number of amides is 1. The molecule has 1 N–H and O–H groups in total. The highest BCUT2D eigenvalue weighted by Gasteiger charge is 2.31. The van der Waals surface area contributed by atoms with E-state index in [-0.39, 0.29) is 11.8 Å². The number of aromatic amines is 1. The third kappa shape index (κ3) is 3.64. The number of carbonyl (C=O) groups is 1. The molecule has 8 nitrogen and oxygen atoms in total. The monoisotopic (exact) mass is 395 g/mol. The van der Waals surface area contributed by atoms with Crippen molar-refractivity contribution in [2.24, 2.45) is 5.92 Å². The summed E-state index contributed by atoms with van der Waals surface area (Å²) in [4.78, 5) is 21.7. The number of hydrogen-bond donors (Lipinski definition) is 1. The molecule has 1 aliphatic heterocycles. The first-order valence-corrected chi connectivity index (χ1v) is 10.2. The Labute approximate surface area is 170 Å². The third-order valence-electron chi connectivity index (χ3n) is 5.63. The summed E-state index contributed by atoms with van der Waals surface area (Å²) in [5.74, 6) is 0.706. The minimum Gasteiger partial charge on any atom is -0.337 e. The number of fused-ring (bicyclic) bond motifs is 1. The highest BCUT2D eigenvalue weighted by atomic mass is 16.2. The fraction of sp³-hybridized carbons (Fsp3) is 0.524. The van der Waals surface area contributed by atoms with Crippen LogP contribution in [0.4, 0.5) is 0 Å². The van der Waals surface area contributed by atoms with Gasteiger partial charge >= 0.3 is 0 Å². The van der Waals surface area contributed by atoms with E-state index in [0.29, 0.717) is 11.6 Å². The van der Waals surface area contributed by atoms with Crippen LogP contribution in [0.1, 0.15) is 47.8 Å².